The summed E-state index contributed by atoms with van der Waals surface area (Å²) in [5, 5.41) is 0. The van der Waals surface area contributed by atoms with E-state index in [9.17, 15) is 0 Å². The van der Waals surface area contributed by atoms with E-state index < -0.39 is 0 Å². The van der Waals surface area contributed by atoms with Crippen molar-refractivity contribution in [2.24, 2.45) is 5.73 Å². The molecule has 0 unspecified atom stereocenters. The highest BCUT2D eigenvalue weighted by Gasteiger charge is 2.14. The molecule has 0 radical (unpaired) electrons. The number of terminal acetylenes is 1. The molecule has 1 aliphatic heterocycles. The summed E-state index contributed by atoms with van der Waals surface area (Å²) in [5.74, 6) is 2.63. The number of hydrogen-bond donors (Lipinski definition) is 1. The molecule has 0 bridgehead atoms. The quantitative estimate of drug-likeness (QED) is 0.518. The molecule has 1 fully saturated rings. The number of rotatable bonds is 1. The predicted molar refractivity (Wildman–Crippen MR) is 42.5 cm³/mol. The Hall–Kier alpha value is -0.520. The smallest absolute Gasteiger partial charge is 0.0599 e. The summed E-state index contributed by atoms with van der Waals surface area (Å²) in [6.45, 7) is 2.86. The SMILES string of the molecule is C#CCN1CCC[C@H](N)C1. The van der Waals surface area contributed by atoms with Crippen molar-refractivity contribution in [3.8, 4) is 12.3 Å². The average Bonchev–Trinajstić information content (AvgIpc) is 1.88. The Morgan fingerprint density at radius 1 is 1.70 bits per heavy atom. The summed E-state index contributed by atoms with van der Waals surface area (Å²) >= 11 is 0. The molecule has 56 valence electrons. The second kappa shape index (κ2) is 3.60. The maximum atomic E-state index is 5.75. The Bertz CT molecular complexity index is 137. The van der Waals surface area contributed by atoms with Crippen LogP contribution in [-0.2, 0) is 0 Å². The molecule has 0 aromatic carbocycles. The second-order valence-corrected chi connectivity index (χ2v) is 2.84. The minimum Gasteiger partial charge on any atom is -0.327 e. The Morgan fingerprint density at radius 3 is 3.10 bits per heavy atom. The monoisotopic (exact) mass is 138 g/mol. The van der Waals surface area contributed by atoms with Gasteiger partial charge in [0.2, 0.25) is 0 Å². The van der Waals surface area contributed by atoms with Crippen LogP contribution in [0.2, 0.25) is 0 Å². The van der Waals surface area contributed by atoms with E-state index in [1.807, 2.05) is 0 Å². The van der Waals surface area contributed by atoms with Gasteiger partial charge in [0.25, 0.3) is 0 Å². The number of piperidine rings is 1. The van der Waals surface area contributed by atoms with Crippen LogP contribution < -0.4 is 5.73 Å². The summed E-state index contributed by atoms with van der Waals surface area (Å²) in [6.07, 6.45) is 7.52. The molecule has 0 spiro atoms. The van der Waals surface area contributed by atoms with E-state index >= 15 is 0 Å². The predicted octanol–water partition coefficient (Wildman–Crippen LogP) is 0.0427. The molecular formula is C8H14N2. The lowest BCUT2D eigenvalue weighted by atomic mass is 10.1. The highest BCUT2D eigenvalue weighted by Crippen LogP contribution is 2.06. The van der Waals surface area contributed by atoms with E-state index in [4.69, 9.17) is 12.2 Å². The van der Waals surface area contributed by atoms with Crippen LogP contribution in [-0.4, -0.2) is 30.6 Å². The zero-order valence-corrected chi connectivity index (χ0v) is 6.21. The summed E-state index contributed by atoms with van der Waals surface area (Å²) in [6, 6.07) is 0.349. The molecule has 0 aromatic heterocycles. The molecule has 1 rings (SSSR count). The van der Waals surface area contributed by atoms with Crippen LogP contribution in [0.25, 0.3) is 0 Å². The van der Waals surface area contributed by atoms with E-state index in [1.165, 1.54) is 6.42 Å². The Labute approximate surface area is 62.4 Å². The van der Waals surface area contributed by atoms with Gasteiger partial charge in [-0.25, -0.2) is 0 Å². The maximum Gasteiger partial charge on any atom is 0.0599 e. The van der Waals surface area contributed by atoms with E-state index in [1.54, 1.807) is 0 Å². The molecule has 1 atom stereocenters. The lowest BCUT2D eigenvalue weighted by Crippen LogP contribution is -2.42. The molecule has 0 amide bonds. The third-order valence-corrected chi connectivity index (χ3v) is 1.86. The van der Waals surface area contributed by atoms with Crippen molar-refractivity contribution in [1.29, 1.82) is 0 Å². The van der Waals surface area contributed by atoms with Gasteiger partial charge in [0.05, 0.1) is 6.54 Å². The summed E-state index contributed by atoms with van der Waals surface area (Å²) < 4.78 is 0. The molecule has 1 heterocycles. The van der Waals surface area contributed by atoms with Gasteiger partial charge in [-0.3, -0.25) is 4.90 Å². The van der Waals surface area contributed by atoms with Crippen LogP contribution in [0.1, 0.15) is 12.8 Å². The lowest BCUT2D eigenvalue weighted by molar-refractivity contribution is 0.232. The van der Waals surface area contributed by atoms with Gasteiger partial charge in [0.1, 0.15) is 0 Å². The van der Waals surface area contributed by atoms with Gasteiger partial charge in [-0.1, -0.05) is 5.92 Å². The van der Waals surface area contributed by atoms with Crippen molar-refractivity contribution in [3.63, 3.8) is 0 Å². The molecule has 0 aliphatic carbocycles. The molecule has 2 heteroatoms. The Kier molecular flexibility index (Phi) is 2.73. The fourth-order valence-corrected chi connectivity index (χ4v) is 1.36. The van der Waals surface area contributed by atoms with Crippen molar-refractivity contribution in [1.82, 2.24) is 4.90 Å². The number of hydrogen-bond acceptors (Lipinski definition) is 2. The molecule has 0 aromatic rings. The van der Waals surface area contributed by atoms with Gasteiger partial charge < -0.3 is 5.73 Å². The van der Waals surface area contributed by atoms with Crippen molar-refractivity contribution in [2.75, 3.05) is 19.6 Å². The first-order valence-electron chi connectivity index (χ1n) is 3.74. The summed E-state index contributed by atoms with van der Waals surface area (Å²) in [4.78, 5) is 2.23. The second-order valence-electron chi connectivity index (χ2n) is 2.84. The van der Waals surface area contributed by atoms with Crippen LogP contribution >= 0.6 is 0 Å². The van der Waals surface area contributed by atoms with Crippen LogP contribution in [0.5, 0.6) is 0 Å². The number of nitrogens with zero attached hydrogens (tertiary/aromatic N) is 1. The minimum absolute atomic E-state index is 0.349. The lowest BCUT2D eigenvalue weighted by Gasteiger charge is -2.28. The van der Waals surface area contributed by atoms with Gasteiger partial charge in [-0.2, -0.15) is 0 Å². The van der Waals surface area contributed by atoms with E-state index in [-0.39, 0.29) is 0 Å². The molecule has 10 heavy (non-hydrogen) atoms. The molecule has 2 N–H and O–H groups in total. The molecular weight excluding hydrogens is 124 g/mol. The van der Waals surface area contributed by atoms with Gasteiger partial charge in [-0.15, -0.1) is 6.42 Å². The fourth-order valence-electron chi connectivity index (χ4n) is 1.36. The molecule has 2 nitrogen and oxygen atoms in total. The summed E-state index contributed by atoms with van der Waals surface area (Å²) in [5.41, 5.74) is 5.75. The molecule has 1 saturated heterocycles. The van der Waals surface area contributed by atoms with E-state index in [2.05, 4.69) is 10.8 Å². The van der Waals surface area contributed by atoms with Crippen LogP contribution in [0.4, 0.5) is 0 Å². The standard InChI is InChI=1S/C8H14N2/c1-2-5-10-6-3-4-8(9)7-10/h1,8H,3-7,9H2/t8-/m0/s1. The Balaban J connectivity index is 2.27. The first kappa shape index (κ1) is 7.59. The average molecular weight is 138 g/mol. The van der Waals surface area contributed by atoms with Crippen molar-refractivity contribution in [3.05, 3.63) is 0 Å². The Morgan fingerprint density at radius 2 is 2.50 bits per heavy atom. The van der Waals surface area contributed by atoms with Crippen LogP contribution in [0.15, 0.2) is 0 Å². The zero-order chi connectivity index (χ0) is 7.40. The van der Waals surface area contributed by atoms with Crippen molar-refractivity contribution in [2.45, 2.75) is 18.9 Å². The minimum atomic E-state index is 0.349. The van der Waals surface area contributed by atoms with Gasteiger partial charge in [-0.05, 0) is 19.4 Å². The third-order valence-electron chi connectivity index (χ3n) is 1.86. The first-order valence-corrected chi connectivity index (χ1v) is 3.74. The molecule has 1 aliphatic rings. The number of likely N-dealkylation sites (tertiary alicyclic amines) is 1. The van der Waals surface area contributed by atoms with Crippen LogP contribution in [0.3, 0.4) is 0 Å². The van der Waals surface area contributed by atoms with Gasteiger partial charge in [0, 0.05) is 12.6 Å². The van der Waals surface area contributed by atoms with Gasteiger partial charge >= 0.3 is 0 Å². The highest BCUT2D eigenvalue weighted by atomic mass is 15.1. The fraction of sp³-hybridized carbons (Fsp3) is 0.750. The maximum absolute atomic E-state index is 5.75. The number of nitrogens with two attached hydrogens (primary N) is 1. The van der Waals surface area contributed by atoms with Crippen molar-refractivity contribution < 1.29 is 0 Å². The van der Waals surface area contributed by atoms with Crippen LogP contribution in [0, 0.1) is 12.3 Å². The van der Waals surface area contributed by atoms with Gasteiger partial charge in [0.15, 0.2) is 0 Å². The first-order chi connectivity index (χ1) is 4.83. The topological polar surface area (TPSA) is 29.3 Å². The molecule has 0 saturated carbocycles. The van der Waals surface area contributed by atoms with Crippen molar-refractivity contribution >= 4 is 0 Å². The highest BCUT2D eigenvalue weighted by molar-refractivity contribution is 4.90. The zero-order valence-electron chi connectivity index (χ0n) is 6.21. The largest absolute Gasteiger partial charge is 0.327 e. The van der Waals surface area contributed by atoms with E-state index in [0.29, 0.717) is 6.04 Å². The normalized spacial score (nSPS) is 27.8. The summed E-state index contributed by atoms with van der Waals surface area (Å²) in [7, 11) is 0. The third kappa shape index (κ3) is 2.02. The van der Waals surface area contributed by atoms with E-state index in [0.717, 1.165) is 26.1 Å².